The van der Waals surface area contributed by atoms with E-state index in [2.05, 4.69) is 43.3 Å². The summed E-state index contributed by atoms with van der Waals surface area (Å²) in [4.78, 5) is 11.9. The van der Waals surface area contributed by atoms with Crippen molar-refractivity contribution in [2.45, 2.75) is 47.1 Å². The van der Waals surface area contributed by atoms with E-state index in [0.29, 0.717) is 12.1 Å². The minimum atomic E-state index is -0.0713. The van der Waals surface area contributed by atoms with Crippen molar-refractivity contribution < 1.29 is 4.79 Å². The predicted octanol–water partition coefficient (Wildman–Crippen LogP) is 3.33. The molecular weight excluding hydrogens is 250 g/mol. The van der Waals surface area contributed by atoms with Gasteiger partial charge in [-0.2, -0.15) is 5.10 Å². The number of nitrogens with zero attached hydrogens (tertiary/aromatic N) is 2. The molecule has 0 atom stereocenters. The number of nitrogens with one attached hydrogen (secondary N) is 1. The van der Waals surface area contributed by atoms with E-state index >= 15 is 0 Å². The Hall–Kier alpha value is -1.84. The van der Waals surface area contributed by atoms with Gasteiger partial charge in [0.15, 0.2) is 0 Å². The van der Waals surface area contributed by atoms with Crippen LogP contribution in [0, 0.1) is 0 Å². The van der Waals surface area contributed by atoms with Crippen LogP contribution in [0.25, 0.3) is 0 Å². The van der Waals surface area contributed by atoms with Gasteiger partial charge in [-0.1, -0.05) is 23.3 Å². The molecule has 0 aromatic carbocycles. The van der Waals surface area contributed by atoms with Gasteiger partial charge in [-0.15, -0.1) is 0 Å². The molecular formula is C16H25N3O. The average Bonchev–Trinajstić information content (AvgIpc) is 2.87. The van der Waals surface area contributed by atoms with Crippen LogP contribution in [0.3, 0.4) is 0 Å². The molecule has 1 aromatic heterocycles. The molecule has 1 rings (SSSR count). The SMILES string of the molecule is CCn1cc(C(=O)NCC=C(C)CCC=C(C)C)cn1. The van der Waals surface area contributed by atoms with Crippen molar-refractivity contribution in [3.8, 4) is 0 Å². The monoisotopic (exact) mass is 275 g/mol. The van der Waals surface area contributed by atoms with E-state index in [9.17, 15) is 4.79 Å². The van der Waals surface area contributed by atoms with Crippen molar-refractivity contribution >= 4 is 5.91 Å². The lowest BCUT2D eigenvalue weighted by Crippen LogP contribution is -2.23. The molecule has 1 amide bonds. The summed E-state index contributed by atoms with van der Waals surface area (Å²) in [6.07, 6.45) is 9.76. The summed E-state index contributed by atoms with van der Waals surface area (Å²) in [5.41, 5.74) is 3.26. The van der Waals surface area contributed by atoms with Crippen LogP contribution in [0.2, 0.25) is 0 Å². The van der Waals surface area contributed by atoms with Gasteiger partial charge in [-0.3, -0.25) is 9.48 Å². The molecule has 1 aromatic rings. The lowest BCUT2D eigenvalue weighted by Gasteiger charge is -2.02. The first-order chi connectivity index (χ1) is 9.52. The molecule has 4 nitrogen and oxygen atoms in total. The highest BCUT2D eigenvalue weighted by molar-refractivity contribution is 5.93. The number of allylic oxidation sites excluding steroid dienone is 3. The van der Waals surface area contributed by atoms with Crippen molar-refractivity contribution in [3.63, 3.8) is 0 Å². The van der Waals surface area contributed by atoms with Gasteiger partial charge >= 0.3 is 0 Å². The summed E-state index contributed by atoms with van der Waals surface area (Å²) in [5, 5.41) is 6.97. The molecule has 1 N–H and O–H groups in total. The minimum Gasteiger partial charge on any atom is -0.348 e. The van der Waals surface area contributed by atoms with Crippen LogP contribution in [0.4, 0.5) is 0 Å². The van der Waals surface area contributed by atoms with Crippen LogP contribution in [0.1, 0.15) is 50.9 Å². The highest BCUT2D eigenvalue weighted by Crippen LogP contribution is 2.06. The highest BCUT2D eigenvalue weighted by Gasteiger charge is 2.06. The summed E-state index contributed by atoms with van der Waals surface area (Å²) >= 11 is 0. The molecule has 0 radical (unpaired) electrons. The van der Waals surface area contributed by atoms with Gasteiger partial charge in [-0.05, 0) is 40.5 Å². The number of hydrogen-bond donors (Lipinski definition) is 1. The van der Waals surface area contributed by atoms with Gasteiger partial charge in [0.05, 0.1) is 11.8 Å². The van der Waals surface area contributed by atoms with Gasteiger partial charge in [0, 0.05) is 19.3 Å². The Morgan fingerprint density at radius 3 is 2.70 bits per heavy atom. The van der Waals surface area contributed by atoms with E-state index in [-0.39, 0.29) is 5.91 Å². The summed E-state index contributed by atoms with van der Waals surface area (Å²) in [5.74, 6) is -0.0713. The molecule has 0 aliphatic rings. The van der Waals surface area contributed by atoms with E-state index < -0.39 is 0 Å². The molecule has 0 aliphatic carbocycles. The van der Waals surface area contributed by atoms with E-state index in [1.165, 1.54) is 11.1 Å². The fourth-order valence-electron chi connectivity index (χ4n) is 1.76. The molecule has 0 spiro atoms. The number of rotatable bonds is 7. The summed E-state index contributed by atoms with van der Waals surface area (Å²) < 4.78 is 1.75. The van der Waals surface area contributed by atoms with E-state index in [1.54, 1.807) is 17.1 Å². The topological polar surface area (TPSA) is 46.9 Å². The Labute approximate surface area is 121 Å². The number of aryl methyl sites for hydroxylation is 1. The first-order valence-electron chi connectivity index (χ1n) is 7.12. The Bertz CT molecular complexity index is 494. The van der Waals surface area contributed by atoms with Crippen LogP contribution in [-0.2, 0) is 6.54 Å². The standard InChI is InChI=1S/C16H25N3O/c1-5-19-12-15(11-18-19)16(20)17-10-9-14(4)8-6-7-13(2)3/h7,9,11-12H,5-6,8,10H2,1-4H3,(H,17,20). The van der Waals surface area contributed by atoms with Gasteiger partial charge in [0.1, 0.15) is 0 Å². The molecule has 0 aliphatic heterocycles. The summed E-state index contributed by atoms with van der Waals surface area (Å²) in [7, 11) is 0. The fraction of sp³-hybridized carbons (Fsp3) is 0.500. The lowest BCUT2D eigenvalue weighted by atomic mass is 10.1. The second kappa shape index (κ2) is 8.35. The maximum atomic E-state index is 11.9. The second-order valence-corrected chi connectivity index (χ2v) is 5.17. The van der Waals surface area contributed by atoms with Crippen LogP contribution < -0.4 is 5.32 Å². The first kappa shape index (κ1) is 16.2. The molecule has 110 valence electrons. The Morgan fingerprint density at radius 1 is 1.35 bits per heavy atom. The molecule has 0 saturated carbocycles. The maximum Gasteiger partial charge on any atom is 0.254 e. The number of carbonyl (C=O) groups excluding carboxylic acids is 1. The number of aromatic nitrogens is 2. The molecule has 1 heterocycles. The molecule has 0 unspecified atom stereocenters. The molecule has 4 heteroatoms. The second-order valence-electron chi connectivity index (χ2n) is 5.17. The first-order valence-corrected chi connectivity index (χ1v) is 7.12. The largest absolute Gasteiger partial charge is 0.348 e. The average molecular weight is 275 g/mol. The smallest absolute Gasteiger partial charge is 0.254 e. The maximum absolute atomic E-state index is 11.9. The third-order valence-electron chi connectivity index (χ3n) is 3.02. The number of carbonyl (C=O) groups is 1. The van der Waals surface area contributed by atoms with E-state index in [4.69, 9.17) is 0 Å². The Balaban J connectivity index is 2.35. The van der Waals surface area contributed by atoms with Gasteiger partial charge in [-0.25, -0.2) is 0 Å². The molecule has 0 saturated heterocycles. The molecule has 20 heavy (non-hydrogen) atoms. The summed E-state index contributed by atoms with van der Waals surface area (Å²) in [6, 6.07) is 0. The van der Waals surface area contributed by atoms with Crippen molar-refractivity contribution in [1.29, 1.82) is 0 Å². The van der Waals surface area contributed by atoms with Crippen LogP contribution in [0.15, 0.2) is 35.7 Å². The minimum absolute atomic E-state index is 0.0713. The summed E-state index contributed by atoms with van der Waals surface area (Å²) in [6.45, 7) is 9.65. The zero-order valence-electron chi connectivity index (χ0n) is 12.9. The van der Waals surface area contributed by atoms with E-state index in [1.807, 2.05) is 6.92 Å². The molecule has 0 fully saturated rings. The molecule has 0 bridgehead atoms. The van der Waals surface area contributed by atoms with Crippen molar-refractivity contribution in [2.75, 3.05) is 6.54 Å². The van der Waals surface area contributed by atoms with Crippen molar-refractivity contribution in [2.24, 2.45) is 0 Å². The normalized spacial score (nSPS) is 11.3. The predicted molar refractivity (Wildman–Crippen MR) is 82.7 cm³/mol. The van der Waals surface area contributed by atoms with Crippen LogP contribution in [0.5, 0.6) is 0 Å². The number of hydrogen-bond acceptors (Lipinski definition) is 2. The fourth-order valence-corrected chi connectivity index (χ4v) is 1.76. The van der Waals surface area contributed by atoms with Crippen molar-refractivity contribution in [3.05, 3.63) is 41.3 Å². The third-order valence-corrected chi connectivity index (χ3v) is 3.02. The third kappa shape index (κ3) is 5.87. The van der Waals surface area contributed by atoms with Gasteiger partial charge < -0.3 is 5.32 Å². The Morgan fingerprint density at radius 2 is 2.10 bits per heavy atom. The van der Waals surface area contributed by atoms with Crippen LogP contribution >= 0.6 is 0 Å². The van der Waals surface area contributed by atoms with E-state index in [0.717, 1.165) is 19.4 Å². The Kier molecular flexibility index (Phi) is 6.77. The number of amides is 1. The quantitative estimate of drug-likeness (QED) is 0.776. The van der Waals surface area contributed by atoms with Crippen LogP contribution in [-0.4, -0.2) is 22.2 Å². The highest BCUT2D eigenvalue weighted by atomic mass is 16.1. The lowest BCUT2D eigenvalue weighted by molar-refractivity contribution is 0.0958. The van der Waals surface area contributed by atoms with Crippen molar-refractivity contribution in [1.82, 2.24) is 15.1 Å². The van der Waals surface area contributed by atoms with Gasteiger partial charge in [0.25, 0.3) is 5.91 Å². The zero-order valence-corrected chi connectivity index (χ0v) is 12.9. The van der Waals surface area contributed by atoms with Gasteiger partial charge in [0.2, 0.25) is 0 Å². The zero-order chi connectivity index (χ0) is 15.0.